The normalized spacial score (nSPS) is 11.1. The van der Waals surface area contributed by atoms with E-state index in [9.17, 15) is 13.2 Å². The molecule has 2 rings (SSSR count). The van der Waals surface area contributed by atoms with Gasteiger partial charge < -0.3 is 0 Å². The lowest BCUT2D eigenvalue weighted by Crippen LogP contribution is -2.05. The maximum atomic E-state index is 12.6. The minimum absolute atomic E-state index is 0.412. The van der Waals surface area contributed by atoms with Crippen LogP contribution in [0.1, 0.15) is 22.3 Å². The molecule has 0 heterocycles. The lowest BCUT2D eigenvalue weighted by atomic mass is 10.0. The molecule has 0 aliphatic rings. The SMILES string of the molecule is N#Cc1ccc(Cc2cccc(C(F)(F)F)c2)cc1. The van der Waals surface area contributed by atoms with Gasteiger partial charge in [0.15, 0.2) is 0 Å². The van der Waals surface area contributed by atoms with Crippen LogP contribution in [0.5, 0.6) is 0 Å². The number of halogens is 3. The van der Waals surface area contributed by atoms with Gasteiger partial charge in [-0.05, 0) is 35.7 Å². The molecule has 0 saturated heterocycles. The molecular weight excluding hydrogens is 251 g/mol. The van der Waals surface area contributed by atoms with Crippen LogP contribution in [0.3, 0.4) is 0 Å². The van der Waals surface area contributed by atoms with Gasteiger partial charge in [-0.1, -0.05) is 30.3 Å². The molecule has 0 aliphatic carbocycles. The first kappa shape index (κ1) is 13.2. The molecular formula is C15H10F3N. The van der Waals surface area contributed by atoms with Crippen molar-refractivity contribution in [2.75, 3.05) is 0 Å². The molecule has 0 bridgehead atoms. The average molecular weight is 261 g/mol. The summed E-state index contributed by atoms with van der Waals surface area (Å²) in [5.41, 5.74) is 1.37. The van der Waals surface area contributed by atoms with Crippen LogP contribution in [0, 0.1) is 11.3 Å². The van der Waals surface area contributed by atoms with Crippen molar-refractivity contribution in [3.05, 3.63) is 70.8 Å². The highest BCUT2D eigenvalue weighted by Crippen LogP contribution is 2.29. The summed E-state index contributed by atoms with van der Waals surface area (Å²) in [7, 11) is 0. The first-order valence-corrected chi connectivity index (χ1v) is 5.64. The second kappa shape index (κ2) is 5.15. The predicted octanol–water partition coefficient (Wildman–Crippen LogP) is 4.17. The summed E-state index contributed by atoms with van der Waals surface area (Å²) in [5, 5.41) is 8.67. The van der Waals surface area contributed by atoms with E-state index >= 15 is 0 Å². The molecule has 2 aromatic carbocycles. The first-order chi connectivity index (χ1) is 8.99. The number of hydrogen-bond acceptors (Lipinski definition) is 1. The molecule has 1 nitrogen and oxygen atoms in total. The topological polar surface area (TPSA) is 23.8 Å². The molecule has 0 atom stereocenters. The van der Waals surface area contributed by atoms with E-state index in [4.69, 9.17) is 5.26 Å². The Morgan fingerprint density at radius 2 is 1.63 bits per heavy atom. The fraction of sp³-hybridized carbons (Fsp3) is 0.133. The monoisotopic (exact) mass is 261 g/mol. The van der Waals surface area contributed by atoms with Gasteiger partial charge in [-0.3, -0.25) is 0 Å². The van der Waals surface area contributed by atoms with Crippen LogP contribution in [-0.2, 0) is 12.6 Å². The van der Waals surface area contributed by atoms with Gasteiger partial charge in [-0.15, -0.1) is 0 Å². The maximum Gasteiger partial charge on any atom is 0.416 e. The van der Waals surface area contributed by atoms with Gasteiger partial charge in [0, 0.05) is 0 Å². The van der Waals surface area contributed by atoms with Crippen molar-refractivity contribution >= 4 is 0 Å². The van der Waals surface area contributed by atoms with Gasteiger partial charge in [0.1, 0.15) is 0 Å². The molecule has 0 N–H and O–H groups in total. The van der Waals surface area contributed by atoms with E-state index in [1.165, 1.54) is 6.07 Å². The van der Waals surface area contributed by atoms with Crippen molar-refractivity contribution in [3.63, 3.8) is 0 Å². The highest BCUT2D eigenvalue weighted by molar-refractivity contribution is 5.35. The third-order valence-electron chi connectivity index (χ3n) is 2.75. The number of nitriles is 1. The molecule has 4 heteroatoms. The van der Waals surface area contributed by atoms with Gasteiger partial charge in [-0.25, -0.2) is 0 Å². The third kappa shape index (κ3) is 3.35. The Balaban J connectivity index is 2.21. The summed E-state index contributed by atoms with van der Waals surface area (Å²) in [6, 6.07) is 14.1. The number of hydrogen-bond donors (Lipinski definition) is 0. The smallest absolute Gasteiger partial charge is 0.192 e. The van der Waals surface area contributed by atoms with Crippen LogP contribution in [0.2, 0.25) is 0 Å². The highest BCUT2D eigenvalue weighted by Gasteiger charge is 2.30. The molecule has 0 amide bonds. The highest BCUT2D eigenvalue weighted by atomic mass is 19.4. The first-order valence-electron chi connectivity index (χ1n) is 5.64. The average Bonchev–Trinajstić information content (AvgIpc) is 2.39. The Bertz CT molecular complexity index is 607. The van der Waals surface area contributed by atoms with Crippen LogP contribution >= 0.6 is 0 Å². The lowest BCUT2D eigenvalue weighted by molar-refractivity contribution is -0.137. The van der Waals surface area contributed by atoms with Crippen LogP contribution in [0.15, 0.2) is 48.5 Å². The number of nitrogens with zero attached hydrogens (tertiary/aromatic N) is 1. The van der Waals surface area contributed by atoms with E-state index in [0.29, 0.717) is 17.5 Å². The molecule has 0 fully saturated rings. The standard InChI is InChI=1S/C15H10F3N/c16-15(17,18)14-3-1-2-13(9-14)8-11-4-6-12(10-19)7-5-11/h1-7,9H,8H2. The summed E-state index contributed by atoms with van der Waals surface area (Å²) >= 11 is 0. The summed E-state index contributed by atoms with van der Waals surface area (Å²) in [6.07, 6.45) is -3.91. The van der Waals surface area contributed by atoms with Gasteiger partial charge >= 0.3 is 6.18 Å². The van der Waals surface area contributed by atoms with Crippen molar-refractivity contribution in [1.29, 1.82) is 5.26 Å². The molecule has 0 saturated carbocycles. The summed E-state index contributed by atoms with van der Waals surface area (Å²) < 4.78 is 37.7. The largest absolute Gasteiger partial charge is 0.416 e. The van der Waals surface area contributed by atoms with Crippen molar-refractivity contribution in [1.82, 2.24) is 0 Å². The van der Waals surface area contributed by atoms with Crippen molar-refractivity contribution in [2.45, 2.75) is 12.6 Å². The van der Waals surface area contributed by atoms with E-state index in [2.05, 4.69) is 0 Å². The second-order valence-corrected chi connectivity index (χ2v) is 4.18. The van der Waals surface area contributed by atoms with Crippen LogP contribution < -0.4 is 0 Å². The van der Waals surface area contributed by atoms with Gasteiger partial charge in [0.2, 0.25) is 0 Å². The van der Waals surface area contributed by atoms with Gasteiger partial charge in [0.25, 0.3) is 0 Å². The Labute approximate surface area is 108 Å². The summed E-state index contributed by atoms with van der Waals surface area (Å²) in [6.45, 7) is 0. The third-order valence-corrected chi connectivity index (χ3v) is 2.75. The van der Waals surface area contributed by atoms with Crippen LogP contribution in [0.4, 0.5) is 13.2 Å². The second-order valence-electron chi connectivity index (χ2n) is 4.18. The molecule has 96 valence electrons. The molecule has 0 radical (unpaired) electrons. The number of alkyl halides is 3. The lowest BCUT2D eigenvalue weighted by Gasteiger charge is -2.08. The van der Waals surface area contributed by atoms with Gasteiger partial charge in [0.05, 0.1) is 17.2 Å². The predicted molar refractivity (Wildman–Crippen MR) is 65.4 cm³/mol. The minimum Gasteiger partial charge on any atom is -0.192 e. The zero-order valence-corrected chi connectivity index (χ0v) is 9.91. The van der Waals surface area contributed by atoms with Crippen LogP contribution in [0.25, 0.3) is 0 Å². The molecule has 0 aliphatic heterocycles. The fourth-order valence-corrected chi connectivity index (χ4v) is 1.79. The summed E-state index contributed by atoms with van der Waals surface area (Å²) in [4.78, 5) is 0. The Kier molecular flexibility index (Phi) is 3.57. The van der Waals surface area contributed by atoms with Crippen molar-refractivity contribution < 1.29 is 13.2 Å². The Hall–Kier alpha value is -2.28. The van der Waals surface area contributed by atoms with Crippen molar-refractivity contribution in [2.24, 2.45) is 0 Å². The van der Waals surface area contributed by atoms with E-state index in [-0.39, 0.29) is 0 Å². The van der Waals surface area contributed by atoms with E-state index in [1.54, 1.807) is 30.3 Å². The van der Waals surface area contributed by atoms with E-state index < -0.39 is 11.7 Å². The Morgan fingerprint density at radius 1 is 0.947 bits per heavy atom. The Morgan fingerprint density at radius 3 is 2.21 bits per heavy atom. The molecule has 0 aromatic heterocycles. The number of rotatable bonds is 2. The van der Waals surface area contributed by atoms with Gasteiger partial charge in [-0.2, -0.15) is 18.4 Å². The molecule has 0 spiro atoms. The maximum absolute atomic E-state index is 12.6. The quantitative estimate of drug-likeness (QED) is 0.796. The van der Waals surface area contributed by atoms with E-state index in [1.807, 2.05) is 6.07 Å². The molecule has 0 unspecified atom stereocenters. The molecule has 19 heavy (non-hydrogen) atoms. The zero-order valence-electron chi connectivity index (χ0n) is 9.91. The van der Waals surface area contributed by atoms with Crippen LogP contribution in [-0.4, -0.2) is 0 Å². The van der Waals surface area contributed by atoms with E-state index in [0.717, 1.165) is 17.7 Å². The summed E-state index contributed by atoms with van der Waals surface area (Å²) in [5.74, 6) is 0. The zero-order chi connectivity index (χ0) is 13.9. The number of benzene rings is 2. The fourth-order valence-electron chi connectivity index (χ4n) is 1.79. The molecule has 2 aromatic rings. The van der Waals surface area contributed by atoms with Crippen molar-refractivity contribution in [3.8, 4) is 6.07 Å². The minimum atomic E-state index is -4.32.